The predicted molar refractivity (Wildman–Crippen MR) is 113 cm³/mol. The lowest BCUT2D eigenvalue weighted by molar-refractivity contribution is 0.340. The van der Waals surface area contributed by atoms with Crippen molar-refractivity contribution in [3.63, 3.8) is 0 Å². The monoisotopic (exact) mass is 396 g/mol. The Morgan fingerprint density at radius 3 is 2.46 bits per heavy atom. The lowest BCUT2D eigenvalue weighted by atomic mass is 10.1. The van der Waals surface area contributed by atoms with E-state index in [0.717, 1.165) is 48.7 Å². The van der Waals surface area contributed by atoms with Gasteiger partial charge in [0.05, 0.1) is 19.1 Å². The zero-order valence-corrected chi connectivity index (χ0v) is 16.7. The Hall–Kier alpha value is -2.57. The lowest BCUT2D eigenvalue weighted by Gasteiger charge is -2.35. The van der Waals surface area contributed by atoms with Crippen LogP contribution < -0.4 is 9.64 Å². The van der Waals surface area contributed by atoms with Crippen LogP contribution in [0.1, 0.15) is 6.92 Å². The Kier molecular flexibility index (Phi) is 5.78. The van der Waals surface area contributed by atoms with Gasteiger partial charge in [0.25, 0.3) is 0 Å². The van der Waals surface area contributed by atoms with Crippen molar-refractivity contribution in [2.24, 2.45) is 0 Å². The van der Waals surface area contributed by atoms with Crippen LogP contribution in [0.15, 0.2) is 70.4 Å². The normalized spacial score (nSPS) is 15.0. The summed E-state index contributed by atoms with van der Waals surface area (Å²) in [6.07, 6.45) is 3.26. The van der Waals surface area contributed by atoms with E-state index in [1.165, 1.54) is 4.90 Å². The molecule has 0 radical (unpaired) electrons. The summed E-state index contributed by atoms with van der Waals surface area (Å²) in [7, 11) is 0. The van der Waals surface area contributed by atoms with Gasteiger partial charge in [-0.1, -0.05) is 0 Å². The van der Waals surface area contributed by atoms with Gasteiger partial charge < -0.3 is 19.2 Å². The molecule has 3 aromatic rings. The van der Waals surface area contributed by atoms with Gasteiger partial charge >= 0.3 is 0 Å². The molecule has 6 heteroatoms. The number of phenolic OH excluding ortho intramolecular Hbond substituents is 1. The largest absolute Gasteiger partial charge is 0.507 e. The summed E-state index contributed by atoms with van der Waals surface area (Å²) in [6, 6.07) is 16.0. The van der Waals surface area contributed by atoms with E-state index in [9.17, 15) is 5.11 Å². The van der Waals surface area contributed by atoms with Gasteiger partial charge in [-0.2, -0.15) is 0 Å². The number of furan rings is 1. The minimum absolute atomic E-state index is 0.282. The van der Waals surface area contributed by atoms with Crippen LogP contribution >= 0.6 is 11.9 Å². The second-order valence-electron chi connectivity index (χ2n) is 6.63. The Balaban J connectivity index is 1.34. The molecule has 2 aromatic carbocycles. The SMILES string of the molecule is CCOc1ccc(SN2CCN(c3ccc(-c4ccoc4)c(O)c3)CC2)cc1. The fourth-order valence-corrected chi connectivity index (χ4v) is 4.23. The number of aromatic hydroxyl groups is 1. The minimum atomic E-state index is 0.282. The third-order valence-electron chi connectivity index (χ3n) is 4.79. The van der Waals surface area contributed by atoms with Crippen molar-refractivity contribution in [1.29, 1.82) is 0 Å². The molecule has 0 spiro atoms. The molecule has 0 amide bonds. The molecule has 1 N–H and O–H groups in total. The number of benzene rings is 2. The van der Waals surface area contributed by atoms with Crippen LogP contribution in [-0.2, 0) is 0 Å². The number of piperazine rings is 1. The molecule has 1 fully saturated rings. The number of rotatable bonds is 6. The maximum atomic E-state index is 10.4. The van der Waals surface area contributed by atoms with E-state index in [1.807, 2.05) is 37.3 Å². The minimum Gasteiger partial charge on any atom is -0.507 e. The van der Waals surface area contributed by atoms with Crippen LogP contribution in [0.3, 0.4) is 0 Å². The fourth-order valence-electron chi connectivity index (χ4n) is 3.33. The highest BCUT2D eigenvalue weighted by Gasteiger charge is 2.19. The molecular weight excluding hydrogens is 372 g/mol. The number of anilines is 1. The van der Waals surface area contributed by atoms with Crippen molar-refractivity contribution in [3.05, 3.63) is 61.1 Å². The third-order valence-corrected chi connectivity index (χ3v) is 5.89. The molecule has 0 unspecified atom stereocenters. The van der Waals surface area contributed by atoms with Crippen molar-refractivity contribution < 1.29 is 14.3 Å². The van der Waals surface area contributed by atoms with Crippen molar-refractivity contribution in [1.82, 2.24) is 4.31 Å². The summed E-state index contributed by atoms with van der Waals surface area (Å²) in [4.78, 5) is 3.53. The first-order valence-electron chi connectivity index (χ1n) is 9.49. The van der Waals surface area contributed by atoms with Gasteiger partial charge in [0.15, 0.2) is 0 Å². The van der Waals surface area contributed by atoms with Crippen LogP contribution in [0.5, 0.6) is 11.5 Å². The first kappa shape index (κ1) is 18.8. The maximum Gasteiger partial charge on any atom is 0.125 e. The van der Waals surface area contributed by atoms with Gasteiger partial charge in [-0.25, -0.2) is 4.31 Å². The number of hydrogen-bond donors (Lipinski definition) is 1. The van der Waals surface area contributed by atoms with Gasteiger partial charge in [-0.05, 0) is 61.3 Å². The molecule has 28 heavy (non-hydrogen) atoms. The van der Waals surface area contributed by atoms with E-state index in [1.54, 1.807) is 24.5 Å². The number of phenols is 1. The van der Waals surface area contributed by atoms with E-state index in [-0.39, 0.29) is 5.75 Å². The van der Waals surface area contributed by atoms with E-state index in [0.29, 0.717) is 6.61 Å². The summed E-state index contributed by atoms with van der Waals surface area (Å²) >= 11 is 1.78. The van der Waals surface area contributed by atoms with Gasteiger partial charge in [0, 0.05) is 54.0 Å². The first-order chi connectivity index (χ1) is 13.7. The standard InChI is InChI=1S/C22H24N2O3S/c1-2-27-19-4-6-20(7-5-19)28-24-12-10-23(11-13-24)18-3-8-21(22(25)15-18)17-9-14-26-16-17/h3-9,14-16,25H,2,10-13H2,1H3. The van der Waals surface area contributed by atoms with Crippen LogP contribution in [-0.4, -0.2) is 42.2 Å². The summed E-state index contributed by atoms with van der Waals surface area (Å²) < 4.78 is 13.0. The molecule has 1 aromatic heterocycles. The lowest BCUT2D eigenvalue weighted by Crippen LogP contribution is -2.43. The van der Waals surface area contributed by atoms with E-state index < -0.39 is 0 Å². The topological polar surface area (TPSA) is 49.1 Å². The Labute approximate surface area is 169 Å². The highest BCUT2D eigenvalue weighted by Crippen LogP contribution is 2.34. The molecular formula is C22H24N2O3S. The average Bonchev–Trinajstić information content (AvgIpc) is 3.25. The molecule has 1 aliphatic rings. The summed E-state index contributed by atoms with van der Waals surface area (Å²) in [5, 5.41) is 10.4. The fraction of sp³-hybridized carbons (Fsp3) is 0.273. The molecule has 2 heterocycles. The van der Waals surface area contributed by atoms with E-state index in [4.69, 9.17) is 9.15 Å². The highest BCUT2D eigenvalue weighted by molar-refractivity contribution is 7.97. The second kappa shape index (κ2) is 8.63. The third kappa shape index (κ3) is 4.29. The van der Waals surface area contributed by atoms with Crippen LogP contribution in [0, 0.1) is 0 Å². The molecule has 146 valence electrons. The highest BCUT2D eigenvalue weighted by atomic mass is 32.2. The van der Waals surface area contributed by atoms with Crippen molar-refractivity contribution >= 4 is 17.6 Å². The molecule has 1 saturated heterocycles. The van der Waals surface area contributed by atoms with Crippen molar-refractivity contribution in [2.45, 2.75) is 11.8 Å². The van der Waals surface area contributed by atoms with E-state index >= 15 is 0 Å². The summed E-state index contributed by atoms with van der Waals surface area (Å²) in [6.45, 7) is 6.45. The Morgan fingerprint density at radius 2 is 1.82 bits per heavy atom. The molecule has 5 nitrogen and oxygen atoms in total. The first-order valence-corrected chi connectivity index (χ1v) is 10.3. The van der Waals surface area contributed by atoms with Gasteiger partial charge in [-0.15, -0.1) is 0 Å². The van der Waals surface area contributed by atoms with Crippen LogP contribution in [0.2, 0.25) is 0 Å². The van der Waals surface area contributed by atoms with Crippen LogP contribution in [0.4, 0.5) is 5.69 Å². The number of nitrogens with zero attached hydrogens (tertiary/aromatic N) is 2. The molecule has 0 saturated carbocycles. The Bertz CT molecular complexity index is 889. The smallest absolute Gasteiger partial charge is 0.125 e. The molecule has 0 aliphatic carbocycles. The zero-order valence-electron chi connectivity index (χ0n) is 15.9. The van der Waals surface area contributed by atoms with Crippen molar-refractivity contribution in [3.8, 4) is 22.6 Å². The molecule has 4 rings (SSSR count). The predicted octanol–water partition coefficient (Wildman–Crippen LogP) is 4.88. The number of ether oxygens (including phenoxy) is 1. The summed E-state index contributed by atoms with van der Waals surface area (Å²) in [5.41, 5.74) is 2.73. The summed E-state index contributed by atoms with van der Waals surface area (Å²) in [5.74, 6) is 1.19. The van der Waals surface area contributed by atoms with Gasteiger partial charge in [-0.3, -0.25) is 0 Å². The zero-order chi connectivity index (χ0) is 19.3. The molecule has 1 aliphatic heterocycles. The van der Waals surface area contributed by atoms with E-state index in [2.05, 4.69) is 27.4 Å². The van der Waals surface area contributed by atoms with Gasteiger partial charge in [0.2, 0.25) is 0 Å². The average molecular weight is 397 g/mol. The van der Waals surface area contributed by atoms with Crippen LogP contribution in [0.25, 0.3) is 11.1 Å². The number of hydrogen-bond acceptors (Lipinski definition) is 6. The van der Waals surface area contributed by atoms with Crippen molar-refractivity contribution in [2.75, 3.05) is 37.7 Å². The maximum absolute atomic E-state index is 10.4. The molecule has 0 atom stereocenters. The molecule has 0 bridgehead atoms. The Morgan fingerprint density at radius 1 is 1.04 bits per heavy atom. The van der Waals surface area contributed by atoms with Gasteiger partial charge in [0.1, 0.15) is 11.5 Å². The quantitative estimate of drug-likeness (QED) is 0.599. The second-order valence-corrected chi connectivity index (χ2v) is 7.80.